The van der Waals surface area contributed by atoms with E-state index in [0.717, 1.165) is 25.6 Å². The Balaban J connectivity index is 2.16. The molecule has 2 heterocycles. The highest BCUT2D eigenvalue weighted by molar-refractivity contribution is 5.96. The van der Waals surface area contributed by atoms with Crippen molar-refractivity contribution in [1.82, 2.24) is 15.6 Å². The number of hydrogen-bond donors (Lipinski definition) is 2. The molecule has 1 fully saturated rings. The lowest BCUT2D eigenvalue weighted by Crippen LogP contribution is -2.52. The van der Waals surface area contributed by atoms with E-state index in [1.165, 1.54) is 6.07 Å². The standard InChI is InChI=1S/C13H18N4O3/c1-8-11(6-10(7-15-8)17(19)20)13(18)16-12-4-3-5-14-9(12)2/h6-7,9,12,14H,3-5H2,1-2H3,(H,16,18). The van der Waals surface area contributed by atoms with Gasteiger partial charge in [-0.3, -0.25) is 19.9 Å². The fourth-order valence-electron chi connectivity index (χ4n) is 2.34. The molecule has 2 atom stereocenters. The van der Waals surface area contributed by atoms with Gasteiger partial charge in [0.25, 0.3) is 11.6 Å². The zero-order valence-electron chi connectivity index (χ0n) is 11.5. The number of piperidine rings is 1. The van der Waals surface area contributed by atoms with Crippen molar-refractivity contribution < 1.29 is 9.72 Å². The molecule has 7 heteroatoms. The largest absolute Gasteiger partial charge is 0.348 e. The maximum atomic E-state index is 12.3. The number of rotatable bonds is 3. The number of carbonyl (C=O) groups is 1. The molecule has 2 N–H and O–H groups in total. The van der Waals surface area contributed by atoms with Gasteiger partial charge in [0, 0.05) is 18.2 Å². The maximum absolute atomic E-state index is 12.3. The smallest absolute Gasteiger partial charge is 0.288 e. The van der Waals surface area contributed by atoms with Gasteiger partial charge in [0.1, 0.15) is 6.20 Å². The van der Waals surface area contributed by atoms with Crippen LogP contribution in [0.5, 0.6) is 0 Å². The number of nitro groups is 1. The first-order valence-corrected chi connectivity index (χ1v) is 6.64. The van der Waals surface area contributed by atoms with E-state index in [0.29, 0.717) is 5.69 Å². The molecule has 0 aromatic carbocycles. The van der Waals surface area contributed by atoms with Crippen molar-refractivity contribution in [2.45, 2.75) is 38.8 Å². The van der Waals surface area contributed by atoms with Gasteiger partial charge in [-0.1, -0.05) is 0 Å². The van der Waals surface area contributed by atoms with E-state index in [-0.39, 0.29) is 29.2 Å². The second-order valence-corrected chi connectivity index (χ2v) is 5.05. The van der Waals surface area contributed by atoms with Crippen LogP contribution in [-0.4, -0.2) is 34.4 Å². The first-order valence-electron chi connectivity index (χ1n) is 6.64. The Morgan fingerprint density at radius 3 is 3.00 bits per heavy atom. The number of pyridine rings is 1. The average Bonchev–Trinajstić information content (AvgIpc) is 2.41. The van der Waals surface area contributed by atoms with Crippen LogP contribution in [0.15, 0.2) is 12.3 Å². The second-order valence-electron chi connectivity index (χ2n) is 5.05. The summed E-state index contributed by atoms with van der Waals surface area (Å²) in [4.78, 5) is 26.4. The Bertz CT molecular complexity index is 532. The second kappa shape index (κ2) is 5.96. The van der Waals surface area contributed by atoms with Gasteiger partial charge in [-0.25, -0.2) is 0 Å². The first-order chi connectivity index (χ1) is 9.49. The lowest BCUT2D eigenvalue weighted by molar-refractivity contribution is -0.385. The normalized spacial score (nSPS) is 22.3. The highest BCUT2D eigenvalue weighted by atomic mass is 16.6. The molecule has 2 unspecified atom stereocenters. The summed E-state index contributed by atoms with van der Waals surface area (Å²) in [7, 11) is 0. The molecule has 1 aliphatic rings. The van der Waals surface area contributed by atoms with Crippen molar-refractivity contribution in [3.05, 3.63) is 33.6 Å². The van der Waals surface area contributed by atoms with Crippen molar-refractivity contribution in [3.63, 3.8) is 0 Å². The van der Waals surface area contributed by atoms with Crippen LogP contribution in [0.25, 0.3) is 0 Å². The molecule has 1 aromatic rings. The zero-order valence-corrected chi connectivity index (χ0v) is 11.5. The predicted molar refractivity (Wildman–Crippen MR) is 73.6 cm³/mol. The minimum atomic E-state index is -0.548. The molecule has 0 bridgehead atoms. The summed E-state index contributed by atoms with van der Waals surface area (Å²) in [5.41, 5.74) is 0.581. The quantitative estimate of drug-likeness (QED) is 0.639. The molecule has 108 valence electrons. The molecule has 1 aromatic heterocycles. The van der Waals surface area contributed by atoms with Gasteiger partial charge in [-0.05, 0) is 33.2 Å². The fourth-order valence-corrected chi connectivity index (χ4v) is 2.34. The van der Waals surface area contributed by atoms with Gasteiger partial charge in [0.05, 0.1) is 16.2 Å². The van der Waals surface area contributed by atoms with E-state index in [9.17, 15) is 14.9 Å². The summed E-state index contributed by atoms with van der Waals surface area (Å²) in [6.07, 6.45) is 3.07. The Morgan fingerprint density at radius 1 is 1.60 bits per heavy atom. The number of amides is 1. The van der Waals surface area contributed by atoms with Crippen molar-refractivity contribution in [1.29, 1.82) is 0 Å². The summed E-state index contributed by atoms with van der Waals surface area (Å²) in [5.74, 6) is -0.306. The summed E-state index contributed by atoms with van der Waals surface area (Å²) >= 11 is 0. The van der Waals surface area contributed by atoms with Crippen LogP contribution in [-0.2, 0) is 0 Å². The number of carbonyl (C=O) groups excluding carboxylic acids is 1. The van der Waals surface area contributed by atoms with Gasteiger partial charge in [-0.15, -0.1) is 0 Å². The molecule has 1 amide bonds. The molecule has 0 spiro atoms. The molecular weight excluding hydrogens is 260 g/mol. The third-order valence-corrected chi connectivity index (χ3v) is 3.61. The van der Waals surface area contributed by atoms with Gasteiger partial charge in [-0.2, -0.15) is 0 Å². The number of aromatic nitrogens is 1. The fraction of sp³-hybridized carbons (Fsp3) is 0.538. The van der Waals surface area contributed by atoms with Crippen LogP contribution < -0.4 is 10.6 Å². The van der Waals surface area contributed by atoms with Crippen molar-refractivity contribution in [3.8, 4) is 0 Å². The first kappa shape index (κ1) is 14.4. The molecule has 2 rings (SSSR count). The minimum Gasteiger partial charge on any atom is -0.348 e. The van der Waals surface area contributed by atoms with E-state index >= 15 is 0 Å². The van der Waals surface area contributed by atoms with Crippen LogP contribution in [0.1, 0.15) is 35.8 Å². The molecule has 1 saturated heterocycles. The monoisotopic (exact) mass is 278 g/mol. The number of nitrogens with one attached hydrogen (secondary N) is 2. The molecule has 0 aliphatic carbocycles. The zero-order chi connectivity index (χ0) is 14.7. The molecule has 20 heavy (non-hydrogen) atoms. The van der Waals surface area contributed by atoms with Crippen LogP contribution in [0.4, 0.5) is 5.69 Å². The van der Waals surface area contributed by atoms with E-state index in [1.807, 2.05) is 6.92 Å². The van der Waals surface area contributed by atoms with Crippen molar-refractivity contribution >= 4 is 11.6 Å². The van der Waals surface area contributed by atoms with Gasteiger partial charge >= 0.3 is 0 Å². The SMILES string of the molecule is Cc1ncc([N+](=O)[O-])cc1C(=O)NC1CCCNC1C. The molecule has 1 aliphatic heterocycles. The molecular formula is C13H18N4O3. The third kappa shape index (κ3) is 3.11. The predicted octanol–water partition coefficient (Wildman–Crippen LogP) is 1.17. The Hall–Kier alpha value is -2.02. The topological polar surface area (TPSA) is 97.2 Å². The Labute approximate surface area is 116 Å². The minimum absolute atomic E-state index is 0.0370. The van der Waals surface area contributed by atoms with Crippen LogP contribution in [0.3, 0.4) is 0 Å². The lowest BCUT2D eigenvalue weighted by atomic mass is 9.99. The van der Waals surface area contributed by atoms with Crippen LogP contribution >= 0.6 is 0 Å². The van der Waals surface area contributed by atoms with Gasteiger partial charge < -0.3 is 10.6 Å². The maximum Gasteiger partial charge on any atom is 0.288 e. The molecule has 0 radical (unpaired) electrons. The highest BCUT2D eigenvalue weighted by Crippen LogP contribution is 2.16. The summed E-state index contributed by atoms with van der Waals surface area (Å²) in [6, 6.07) is 1.51. The summed E-state index contributed by atoms with van der Waals surface area (Å²) < 4.78 is 0. The van der Waals surface area contributed by atoms with Crippen LogP contribution in [0, 0.1) is 17.0 Å². The third-order valence-electron chi connectivity index (χ3n) is 3.61. The van der Waals surface area contributed by atoms with Crippen molar-refractivity contribution in [2.75, 3.05) is 6.54 Å². The van der Waals surface area contributed by atoms with E-state index in [1.54, 1.807) is 6.92 Å². The summed E-state index contributed by atoms with van der Waals surface area (Å²) in [5, 5.41) is 17.0. The average molecular weight is 278 g/mol. The highest BCUT2D eigenvalue weighted by Gasteiger charge is 2.24. The van der Waals surface area contributed by atoms with Crippen LogP contribution in [0.2, 0.25) is 0 Å². The summed E-state index contributed by atoms with van der Waals surface area (Å²) in [6.45, 7) is 4.63. The van der Waals surface area contributed by atoms with E-state index in [4.69, 9.17) is 0 Å². The number of nitrogens with zero attached hydrogens (tertiary/aromatic N) is 2. The van der Waals surface area contributed by atoms with Gasteiger partial charge in [0.15, 0.2) is 0 Å². The van der Waals surface area contributed by atoms with Gasteiger partial charge in [0.2, 0.25) is 0 Å². The van der Waals surface area contributed by atoms with E-state index < -0.39 is 4.92 Å². The Kier molecular flexibility index (Phi) is 4.29. The molecule has 7 nitrogen and oxygen atoms in total. The molecule has 0 saturated carbocycles. The number of aryl methyl sites for hydroxylation is 1. The lowest BCUT2D eigenvalue weighted by Gasteiger charge is -2.30. The Morgan fingerprint density at radius 2 is 2.35 bits per heavy atom. The van der Waals surface area contributed by atoms with Crippen molar-refractivity contribution in [2.24, 2.45) is 0 Å². The number of hydrogen-bond acceptors (Lipinski definition) is 5. The van der Waals surface area contributed by atoms with E-state index in [2.05, 4.69) is 15.6 Å².